The summed E-state index contributed by atoms with van der Waals surface area (Å²) in [4.78, 5) is 24.3. The molecule has 0 aliphatic heterocycles. The SMILES string of the molecule is CCc1ccccc1NC(=O)[C@H](C)NC(=O)c1ccccc1. The summed E-state index contributed by atoms with van der Waals surface area (Å²) in [5.41, 5.74) is 2.39. The number of carbonyl (C=O) groups excluding carboxylic acids is 2. The van der Waals surface area contributed by atoms with E-state index in [0.29, 0.717) is 5.56 Å². The van der Waals surface area contributed by atoms with Gasteiger partial charge in [-0.3, -0.25) is 9.59 Å². The van der Waals surface area contributed by atoms with Crippen LogP contribution >= 0.6 is 0 Å². The molecule has 0 aliphatic carbocycles. The van der Waals surface area contributed by atoms with Crippen molar-refractivity contribution in [3.05, 3.63) is 65.7 Å². The molecule has 0 radical (unpaired) electrons. The molecule has 4 heteroatoms. The number of carbonyl (C=O) groups is 2. The van der Waals surface area contributed by atoms with Crippen LogP contribution in [0.4, 0.5) is 5.69 Å². The molecular formula is C18H20N2O2. The molecular weight excluding hydrogens is 276 g/mol. The van der Waals surface area contributed by atoms with Crippen molar-refractivity contribution >= 4 is 17.5 Å². The maximum Gasteiger partial charge on any atom is 0.251 e. The molecule has 0 saturated carbocycles. The van der Waals surface area contributed by atoms with Crippen molar-refractivity contribution in [3.63, 3.8) is 0 Å². The predicted octanol–water partition coefficient (Wildman–Crippen LogP) is 3.01. The summed E-state index contributed by atoms with van der Waals surface area (Å²) < 4.78 is 0. The Hall–Kier alpha value is -2.62. The first kappa shape index (κ1) is 15.8. The minimum atomic E-state index is -0.613. The number of hydrogen-bond donors (Lipinski definition) is 2. The van der Waals surface area contributed by atoms with Crippen LogP contribution in [0.2, 0.25) is 0 Å². The predicted molar refractivity (Wildman–Crippen MR) is 87.8 cm³/mol. The second-order valence-corrected chi connectivity index (χ2v) is 5.06. The highest BCUT2D eigenvalue weighted by molar-refractivity contribution is 6.01. The summed E-state index contributed by atoms with van der Waals surface area (Å²) >= 11 is 0. The normalized spacial score (nSPS) is 11.5. The van der Waals surface area contributed by atoms with Crippen molar-refractivity contribution in [2.24, 2.45) is 0 Å². The van der Waals surface area contributed by atoms with Gasteiger partial charge in [0.15, 0.2) is 0 Å². The maximum atomic E-state index is 12.2. The number of anilines is 1. The summed E-state index contributed by atoms with van der Waals surface area (Å²) in [6.07, 6.45) is 0.835. The van der Waals surface area contributed by atoms with Gasteiger partial charge in [-0.05, 0) is 37.1 Å². The van der Waals surface area contributed by atoms with Gasteiger partial charge in [-0.1, -0.05) is 43.3 Å². The fourth-order valence-electron chi connectivity index (χ4n) is 2.13. The zero-order valence-corrected chi connectivity index (χ0v) is 12.8. The zero-order chi connectivity index (χ0) is 15.9. The van der Waals surface area contributed by atoms with Crippen LogP contribution in [-0.2, 0) is 11.2 Å². The molecule has 0 spiro atoms. The van der Waals surface area contributed by atoms with Crippen LogP contribution in [-0.4, -0.2) is 17.9 Å². The van der Waals surface area contributed by atoms with Gasteiger partial charge >= 0.3 is 0 Å². The van der Waals surface area contributed by atoms with E-state index in [2.05, 4.69) is 10.6 Å². The summed E-state index contributed by atoms with van der Waals surface area (Å²) in [7, 11) is 0. The van der Waals surface area contributed by atoms with Gasteiger partial charge in [0.05, 0.1) is 0 Å². The highest BCUT2D eigenvalue weighted by Crippen LogP contribution is 2.15. The molecule has 4 nitrogen and oxygen atoms in total. The Bertz CT molecular complexity index is 653. The van der Waals surface area contributed by atoms with Crippen molar-refractivity contribution in [2.45, 2.75) is 26.3 Å². The highest BCUT2D eigenvalue weighted by Gasteiger charge is 2.17. The molecule has 2 rings (SSSR count). The molecule has 2 N–H and O–H groups in total. The number of nitrogens with one attached hydrogen (secondary N) is 2. The van der Waals surface area contributed by atoms with Crippen molar-refractivity contribution in [1.82, 2.24) is 5.32 Å². The van der Waals surface area contributed by atoms with E-state index in [0.717, 1.165) is 17.7 Å². The van der Waals surface area contributed by atoms with E-state index < -0.39 is 6.04 Å². The number of benzene rings is 2. The van der Waals surface area contributed by atoms with Crippen LogP contribution in [0.25, 0.3) is 0 Å². The molecule has 2 aromatic carbocycles. The minimum absolute atomic E-state index is 0.231. The molecule has 0 saturated heterocycles. The molecule has 2 aromatic rings. The van der Waals surface area contributed by atoms with Gasteiger partial charge in [0.1, 0.15) is 6.04 Å². The Balaban J connectivity index is 1.99. The Morgan fingerprint density at radius 1 is 1.00 bits per heavy atom. The Labute approximate surface area is 130 Å². The fourth-order valence-corrected chi connectivity index (χ4v) is 2.13. The molecule has 2 amide bonds. The third-order valence-corrected chi connectivity index (χ3v) is 3.43. The van der Waals surface area contributed by atoms with Crippen molar-refractivity contribution in [1.29, 1.82) is 0 Å². The highest BCUT2D eigenvalue weighted by atomic mass is 16.2. The number of hydrogen-bond acceptors (Lipinski definition) is 2. The third-order valence-electron chi connectivity index (χ3n) is 3.43. The lowest BCUT2D eigenvalue weighted by Crippen LogP contribution is -2.41. The van der Waals surface area contributed by atoms with E-state index in [-0.39, 0.29) is 11.8 Å². The van der Waals surface area contributed by atoms with Gasteiger partial charge in [-0.2, -0.15) is 0 Å². The van der Waals surface area contributed by atoms with Gasteiger partial charge < -0.3 is 10.6 Å². The molecule has 0 unspecified atom stereocenters. The first-order valence-electron chi connectivity index (χ1n) is 7.36. The quantitative estimate of drug-likeness (QED) is 0.891. The Kier molecular flexibility index (Phi) is 5.31. The lowest BCUT2D eigenvalue weighted by atomic mass is 10.1. The second kappa shape index (κ2) is 7.41. The molecule has 0 bridgehead atoms. The molecule has 0 fully saturated rings. The monoisotopic (exact) mass is 296 g/mol. The lowest BCUT2D eigenvalue weighted by molar-refractivity contribution is -0.117. The Morgan fingerprint density at radius 2 is 1.64 bits per heavy atom. The topological polar surface area (TPSA) is 58.2 Å². The van der Waals surface area contributed by atoms with E-state index >= 15 is 0 Å². The Morgan fingerprint density at radius 3 is 2.32 bits per heavy atom. The van der Waals surface area contributed by atoms with E-state index in [1.54, 1.807) is 31.2 Å². The number of rotatable bonds is 5. The maximum absolute atomic E-state index is 12.2. The molecule has 22 heavy (non-hydrogen) atoms. The second-order valence-electron chi connectivity index (χ2n) is 5.06. The summed E-state index contributed by atoms with van der Waals surface area (Å²) in [5.74, 6) is -0.489. The largest absolute Gasteiger partial charge is 0.341 e. The van der Waals surface area contributed by atoms with Crippen LogP contribution in [0.1, 0.15) is 29.8 Å². The van der Waals surface area contributed by atoms with Crippen molar-refractivity contribution < 1.29 is 9.59 Å². The van der Waals surface area contributed by atoms with Crippen molar-refractivity contribution in [3.8, 4) is 0 Å². The fraction of sp³-hybridized carbons (Fsp3) is 0.222. The summed E-state index contributed by atoms with van der Waals surface area (Å²) in [6, 6.07) is 15.9. The molecule has 0 aliphatic rings. The number of aryl methyl sites for hydroxylation is 1. The smallest absolute Gasteiger partial charge is 0.251 e. The van der Waals surface area contributed by atoms with Gasteiger partial charge in [0, 0.05) is 11.3 Å². The van der Waals surface area contributed by atoms with Crippen LogP contribution in [0, 0.1) is 0 Å². The van der Waals surface area contributed by atoms with E-state index in [4.69, 9.17) is 0 Å². The average Bonchev–Trinajstić information content (AvgIpc) is 2.56. The van der Waals surface area contributed by atoms with Crippen LogP contribution in [0.3, 0.4) is 0 Å². The molecule has 0 aromatic heterocycles. The van der Waals surface area contributed by atoms with Crippen molar-refractivity contribution in [2.75, 3.05) is 5.32 Å². The van der Waals surface area contributed by atoms with Gasteiger partial charge in [-0.15, -0.1) is 0 Å². The minimum Gasteiger partial charge on any atom is -0.341 e. The number of amides is 2. The van der Waals surface area contributed by atoms with Gasteiger partial charge in [0.25, 0.3) is 5.91 Å². The lowest BCUT2D eigenvalue weighted by Gasteiger charge is -2.16. The molecule has 1 atom stereocenters. The van der Waals surface area contributed by atoms with E-state index in [9.17, 15) is 9.59 Å². The average molecular weight is 296 g/mol. The third kappa shape index (κ3) is 3.95. The standard InChI is InChI=1S/C18H20N2O2/c1-3-14-9-7-8-12-16(14)20-17(21)13(2)19-18(22)15-10-5-4-6-11-15/h4-13H,3H2,1-2H3,(H,19,22)(H,20,21)/t13-/m0/s1. The van der Waals surface area contributed by atoms with E-state index in [1.165, 1.54) is 0 Å². The number of para-hydroxylation sites is 1. The first-order valence-corrected chi connectivity index (χ1v) is 7.36. The summed E-state index contributed by atoms with van der Waals surface area (Å²) in [5, 5.41) is 5.57. The zero-order valence-electron chi connectivity index (χ0n) is 12.8. The summed E-state index contributed by atoms with van der Waals surface area (Å²) in [6.45, 7) is 3.70. The van der Waals surface area contributed by atoms with E-state index in [1.807, 2.05) is 37.3 Å². The van der Waals surface area contributed by atoms with Crippen LogP contribution in [0.15, 0.2) is 54.6 Å². The molecule has 114 valence electrons. The molecule has 0 heterocycles. The van der Waals surface area contributed by atoms with Crippen LogP contribution in [0.5, 0.6) is 0 Å². The van der Waals surface area contributed by atoms with Gasteiger partial charge in [-0.25, -0.2) is 0 Å². The van der Waals surface area contributed by atoms with Gasteiger partial charge in [0.2, 0.25) is 5.91 Å². The van der Waals surface area contributed by atoms with Crippen LogP contribution < -0.4 is 10.6 Å². The first-order chi connectivity index (χ1) is 10.6.